The minimum absolute atomic E-state index is 0.0547. The van der Waals surface area contributed by atoms with Crippen molar-refractivity contribution in [3.63, 3.8) is 0 Å². The lowest BCUT2D eigenvalue weighted by Gasteiger charge is -2.07. The van der Waals surface area contributed by atoms with E-state index >= 15 is 0 Å². The average Bonchev–Trinajstić information content (AvgIpc) is 2.46. The Morgan fingerprint density at radius 1 is 1.24 bits per heavy atom. The van der Waals surface area contributed by atoms with Gasteiger partial charge in [-0.15, -0.1) is 0 Å². The molecule has 0 aliphatic carbocycles. The normalized spacial score (nSPS) is 10.2. The van der Waals surface area contributed by atoms with Crippen molar-refractivity contribution in [2.45, 2.75) is 0 Å². The van der Waals surface area contributed by atoms with E-state index in [4.69, 9.17) is 11.6 Å². The number of nitrogens with zero attached hydrogens (tertiary/aromatic N) is 1. The zero-order valence-electron chi connectivity index (χ0n) is 10.7. The van der Waals surface area contributed by atoms with Crippen LogP contribution in [0.15, 0.2) is 46.9 Å². The second-order valence-electron chi connectivity index (χ2n) is 4.20. The summed E-state index contributed by atoms with van der Waals surface area (Å²) in [5.41, 5.74) is 0.959. The van der Waals surface area contributed by atoms with E-state index in [-0.39, 0.29) is 23.0 Å². The van der Waals surface area contributed by atoms with E-state index in [0.29, 0.717) is 11.3 Å². The number of benzene rings is 2. The highest BCUT2D eigenvalue weighted by atomic mass is 79.9. The van der Waals surface area contributed by atoms with Crippen molar-refractivity contribution in [2.24, 2.45) is 0 Å². The second kappa shape index (κ2) is 6.69. The van der Waals surface area contributed by atoms with Crippen LogP contribution >= 0.6 is 27.5 Å². The summed E-state index contributed by atoms with van der Waals surface area (Å²) in [6, 6.07) is 11.1. The van der Waals surface area contributed by atoms with Crippen LogP contribution in [0.1, 0.15) is 10.4 Å². The smallest absolute Gasteiger partial charge is 0.271 e. The third-order valence-corrected chi connectivity index (χ3v) is 3.61. The van der Waals surface area contributed by atoms with Gasteiger partial charge in [-0.3, -0.25) is 14.9 Å². The van der Waals surface area contributed by atoms with Gasteiger partial charge in [0.2, 0.25) is 0 Å². The molecule has 0 atom stereocenters. The number of hydrogen-bond donors (Lipinski definition) is 1. The summed E-state index contributed by atoms with van der Waals surface area (Å²) >= 11 is 9.24. The molecule has 0 fully saturated rings. The Morgan fingerprint density at radius 3 is 2.48 bits per heavy atom. The highest BCUT2D eigenvalue weighted by molar-refractivity contribution is 9.10. The first-order valence-electron chi connectivity index (χ1n) is 5.94. The Hall–Kier alpha value is -1.92. The minimum atomic E-state index is -0.525. The summed E-state index contributed by atoms with van der Waals surface area (Å²) in [5, 5.41) is 13.7. The van der Waals surface area contributed by atoms with Crippen LogP contribution in [0.2, 0.25) is 5.02 Å². The van der Waals surface area contributed by atoms with E-state index in [1.165, 1.54) is 18.2 Å². The fraction of sp³-hybridized carbons (Fsp3) is 0.0714. The summed E-state index contributed by atoms with van der Waals surface area (Å²) in [5.74, 6) is -0.100. The van der Waals surface area contributed by atoms with Crippen molar-refractivity contribution in [3.05, 3.63) is 67.6 Å². The topological polar surface area (TPSA) is 72.2 Å². The molecule has 0 unspecified atom stereocenters. The number of non-ortho nitro benzene ring substituents is 1. The molecular weight excluding hydrogens is 360 g/mol. The van der Waals surface area contributed by atoms with Gasteiger partial charge in [0, 0.05) is 22.2 Å². The third kappa shape index (κ3) is 4.03. The molecule has 2 aromatic rings. The van der Waals surface area contributed by atoms with Crippen LogP contribution in [0, 0.1) is 10.1 Å². The molecule has 5 nitrogen and oxygen atoms in total. The number of rotatable bonds is 5. The van der Waals surface area contributed by atoms with Crippen LogP contribution in [0.4, 0.5) is 11.4 Å². The van der Waals surface area contributed by atoms with Gasteiger partial charge in [0.25, 0.3) is 5.69 Å². The van der Waals surface area contributed by atoms with E-state index in [0.717, 1.165) is 4.47 Å². The lowest BCUT2D eigenvalue weighted by atomic mass is 10.1. The number of nitro groups is 1. The molecule has 0 aliphatic rings. The fourth-order valence-electron chi connectivity index (χ4n) is 1.67. The molecule has 0 radical (unpaired) electrons. The molecule has 1 N–H and O–H groups in total. The molecule has 0 aliphatic heterocycles. The molecule has 21 heavy (non-hydrogen) atoms. The monoisotopic (exact) mass is 368 g/mol. The van der Waals surface area contributed by atoms with Gasteiger partial charge in [0.05, 0.1) is 22.2 Å². The fourth-order valence-corrected chi connectivity index (χ4v) is 2.18. The number of halogens is 2. The van der Waals surface area contributed by atoms with Crippen molar-refractivity contribution in [2.75, 3.05) is 11.9 Å². The van der Waals surface area contributed by atoms with E-state index in [2.05, 4.69) is 21.2 Å². The van der Waals surface area contributed by atoms with Crippen molar-refractivity contribution < 1.29 is 9.72 Å². The van der Waals surface area contributed by atoms with Crippen molar-refractivity contribution >= 4 is 44.7 Å². The average molecular weight is 370 g/mol. The first kappa shape index (κ1) is 15.5. The molecule has 0 saturated heterocycles. The van der Waals surface area contributed by atoms with Crippen molar-refractivity contribution in [1.82, 2.24) is 0 Å². The molecule has 0 saturated carbocycles. The zero-order valence-corrected chi connectivity index (χ0v) is 13.0. The van der Waals surface area contributed by atoms with Gasteiger partial charge in [0.15, 0.2) is 5.78 Å². The largest absolute Gasteiger partial charge is 0.376 e. The molecular formula is C14H10BrClN2O3. The molecule has 108 valence electrons. The number of carbonyl (C=O) groups excluding carboxylic acids is 1. The first-order chi connectivity index (χ1) is 9.97. The predicted molar refractivity (Wildman–Crippen MR) is 85.1 cm³/mol. The minimum Gasteiger partial charge on any atom is -0.376 e. The molecule has 0 amide bonds. The Morgan fingerprint density at radius 2 is 1.90 bits per heavy atom. The number of nitrogens with one attached hydrogen (secondary N) is 1. The van der Waals surface area contributed by atoms with E-state index in [9.17, 15) is 14.9 Å². The molecule has 0 spiro atoms. The number of hydrogen-bond acceptors (Lipinski definition) is 4. The van der Waals surface area contributed by atoms with E-state index in [1.54, 1.807) is 24.3 Å². The Bertz CT molecular complexity index is 689. The number of nitro benzene ring substituents is 1. The number of Topliss-reactive ketones (excluding diaryl/α,β-unsaturated/α-hetero) is 1. The van der Waals surface area contributed by atoms with E-state index in [1.807, 2.05) is 0 Å². The predicted octanol–water partition coefficient (Wildman–Crippen LogP) is 4.31. The van der Waals surface area contributed by atoms with Crippen LogP contribution < -0.4 is 5.32 Å². The third-order valence-electron chi connectivity index (χ3n) is 2.77. The van der Waals surface area contributed by atoms with E-state index < -0.39 is 4.92 Å². The Balaban J connectivity index is 2.04. The summed E-state index contributed by atoms with van der Waals surface area (Å²) in [6.45, 7) is 0.0547. The SMILES string of the molecule is O=C(CNc1ccc([N+](=O)[O-])cc1Cl)c1ccc(Br)cc1. The molecule has 0 heterocycles. The van der Waals surface area contributed by atoms with Gasteiger partial charge < -0.3 is 5.32 Å². The van der Waals surface area contributed by atoms with Crippen LogP contribution in [-0.4, -0.2) is 17.3 Å². The maximum atomic E-state index is 12.0. The maximum absolute atomic E-state index is 12.0. The van der Waals surface area contributed by atoms with Gasteiger partial charge in [-0.2, -0.15) is 0 Å². The lowest BCUT2D eigenvalue weighted by Crippen LogP contribution is -2.14. The second-order valence-corrected chi connectivity index (χ2v) is 5.53. The molecule has 7 heteroatoms. The molecule has 0 bridgehead atoms. The van der Waals surface area contributed by atoms with Gasteiger partial charge in [-0.05, 0) is 18.2 Å². The standard InChI is InChI=1S/C14H10BrClN2O3/c15-10-3-1-9(2-4-10)14(19)8-17-13-6-5-11(18(20)21)7-12(13)16/h1-7,17H,8H2. The van der Waals surface area contributed by atoms with Gasteiger partial charge in [-0.1, -0.05) is 39.7 Å². The van der Waals surface area contributed by atoms with Gasteiger partial charge in [-0.25, -0.2) is 0 Å². The molecule has 0 aromatic heterocycles. The van der Waals surface area contributed by atoms with Crippen molar-refractivity contribution in [1.29, 1.82) is 0 Å². The Labute approximate surface area is 134 Å². The highest BCUT2D eigenvalue weighted by Crippen LogP contribution is 2.26. The van der Waals surface area contributed by atoms with Gasteiger partial charge >= 0.3 is 0 Å². The lowest BCUT2D eigenvalue weighted by molar-refractivity contribution is -0.384. The summed E-state index contributed by atoms with van der Waals surface area (Å²) < 4.78 is 0.894. The maximum Gasteiger partial charge on any atom is 0.271 e. The van der Waals surface area contributed by atoms with Crippen molar-refractivity contribution in [3.8, 4) is 0 Å². The number of anilines is 1. The quantitative estimate of drug-likeness (QED) is 0.484. The zero-order chi connectivity index (χ0) is 15.4. The summed E-state index contributed by atoms with van der Waals surface area (Å²) in [6.07, 6.45) is 0. The van der Waals surface area contributed by atoms with Crippen LogP contribution in [0.25, 0.3) is 0 Å². The highest BCUT2D eigenvalue weighted by Gasteiger charge is 2.11. The number of ketones is 1. The first-order valence-corrected chi connectivity index (χ1v) is 7.11. The summed E-state index contributed by atoms with van der Waals surface area (Å²) in [7, 11) is 0. The Kier molecular flexibility index (Phi) is 4.93. The number of carbonyl (C=O) groups is 1. The van der Waals surface area contributed by atoms with Crippen LogP contribution in [0.3, 0.4) is 0 Å². The van der Waals surface area contributed by atoms with Crippen LogP contribution in [-0.2, 0) is 0 Å². The molecule has 2 aromatic carbocycles. The summed E-state index contributed by atoms with van der Waals surface area (Å²) in [4.78, 5) is 22.1. The van der Waals surface area contributed by atoms with Gasteiger partial charge in [0.1, 0.15) is 0 Å². The van der Waals surface area contributed by atoms with Crippen LogP contribution in [0.5, 0.6) is 0 Å². The molecule has 2 rings (SSSR count).